The monoisotopic (exact) mass is 550 g/mol. The van der Waals surface area contributed by atoms with E-state index in [9.17, 15) is 9.59 Å². The highest BCUT2D eigenvalue weighted by atomic mass is 127. The van der Waals surface area contributed by atoms with Gasteiger partial charge in [0, 0.05) is 24.3 Å². The van der Waals surface area contributed by atoms with E-state index in [1.807, 2.05) is 26.0 Å². The third-order valence-electron chi connectivity index (χ3n) is 4.96. The third-order valence-corrected chi connectivity index (χ3v) is 6.52. The van der Waals surface area contributed by atoms with Crippen molar-refractivity contribution in [2.75, 3.05) is 13.1 Å². The van der Waals surface area contributed by atoms with E-state index in [1.54, 1.807) is 16.8 Å². The summed E-state index contributed by atoms with van der Waals surface area (Å²) in [6.07, 6.45) is 0. The van der Waals surface area contributed by atoms with Gasteiger partial charge in [-0.25, -0.2) is 0 Å². The van der Waals surface area contributed by atoms with Crippen molar-refractivity contribution in [2.24, 2.45) is 0 Å². The summed E-state index contributed by atoms with van der Waals surface area (Å²) in [5.74, 6) is -0.445. The topological polar surface area (TPSA) is 115 Å². The van der Waals surface area contributed by atoms with Gasteiger partial charge in [-0.2, -0.15) is 10.1 Å². The van der Waals surface area contributed by atoms with Crippen molar-refractivity contribution >= 4 is 34.4 Å². The zero-order valence-electron chi connectivity index (χ0n) is 18.8. The number of amides is 2. The normalized spacial score (nSPS) is 11.4. The van der Waals surface area contributed by atoms with Gasteiger partial charge in [0.1, 0.15) is 6.54 Å². The van der Waals surface area contributed by atoms with Gasteiger partial charge in [-0.1, -0.05) is 38.1 Å². The highest BCUT2D eigenvalue weighted by Gasteiger charge is 2.17. The number of rotatable bonds is 7. The molecule has 2 N–H and O–H groups in total. The molecule has 0 radical (unpaired) electrons. The number of aromatic nitrogens is 4. The quantitative estimate of drug-likeness (QED) is 0.346. The predicted octanol–water partition coefficient (Wildman–Crippen LogP) is 2.99. The molecule has 9 nitrogen and oxygen atoms in total. The largest absolute Gasteiger partial charge is 0.350 e. The van der Waals surface area contributed by atoms with E-state index in [0.717, 1.165) is 20.5 Å². The van der Waals surface area contributed by atoms with Crippen LogP contribution in [0, 0.1) is 17.4 Å². The number of nitrogens with zero attached hydrogens (tertiary/aromatic N) is 4. The van der Waals surface area contributed by atoms with Crippen LogP contribution in [0.5, 0.6) is 0 Å². The van der Waals surface area contributed by atoms with Crippen LogP contribution in [0.25, 0.3) is 0 Å². The van der Waals surface area contributed by atoms with Crippen molar-refractivity contribution in [2.45, 2.75) is 46.6 Å². The van der Waals surface area contributed by atoms with Crippen molar-refractivity contribution in [1.82, 2.24) is 30.6 Å². The highest BCUT2D eigenvalue weighted by Crippen LogP contribution is 2.22. The number of benzene rings is 1. The molecule has 3 rings (SSSR count). The summed E-state index contributed by atoms with van der Waals surface area (Å²) in [5, 5.41) is 13.7. The lowest BCUT2D eigenvalue weighted by atomic mass is 9.87. The van der Waals surface area contributed by atoms with Crippen LogP contribution in [0.4, 0.5) is 0 Å². The van der Waals surface area contributed by atoms with Crippen LogP contribution < -0.4 is 10.6 Å². The van der Waals surface area contributed by atoms with Crippen LogP contribution in [0.1, 0.15) is 64.6 Å². The summed E-state index contributed by atoms with van der Waals surface area (Å²) >= 11 is 2.24. The van der Waals surface area contributed by atoms with Crippen molar-refractivity contribution in [3.8, 4) is 0 Å². The van der Waals surface area contributed by atoms with Crippen molar-refractivity contribution < 1.29 is 14.1 Å². The minimum absolute atomic E-state index is 0.0304. The molecule has 0 spiro atoms. The second-order valence-electron chi connectivity index (χ2n) is 8.50. The second-order valence-corrected chi connectivity index (χ2v) is 9.58. The molecule has 0 saturated heterocycles. The van der Waals surface area contributed by atoms with Crippen LogP contribution in [-0.4, -0.2) is 44.8 Å². The first-order valence-electron chi connectivity index (χ1n) is 10.3. The molecule has 0 unspecified atom stereocenters. The third kappa shape index (κ3) is 5.72. The minimum Gasteiger partial charge on any atom is -0.350 e. The number of nitrogens with one attached hydrogen (secondary N) is 2. The average molecular weight is 550 g/mol. The lowest BCUT2D eigenvalue weighted by Gasteiger charge is -2.19. The Balaban J connectivity index is 1.46. The maximum Gasteiger partial charge on any atom is 0.316 e. The Labute approximate surface area is 200 Å². The first kappa shape index (κ1) is 23.9. The fraction of sp³-hybridized carbons (Fsp3) is 0.409. The lowest BCUT2D eigenvalue weighted by molar-refractivity contribution is 0.0898. The highest BCUT2D eigenvalue weighted by molar-refractivity contribution is 14.1. The fourth-order valence-corrected chi connectivity index (χ4v) is 3.41. The summed E-state index contributed by atoms with van der Waals surface area (Å²) in [6, 6.07) is 7.52. The van der Waals surface area contributed by atoms with Crippen LogP contribution in [0.15, 0.2) is 28.8 Å². The molecule has 0 bridgehead atoms. The van der Waals surface area contributed by atoms with Gasteiger partial charge in [-0.15, -0.1) is 0 Å². The SMILES string of the molecule is Cc1nn(Cc2noc(C(=O)NCCNC(=O)c3ccc(C(C)(C)C)cc3)n2)c(C)c1I. The summed E-state index contributed by atoms with van der Waals surface area (Å²) < 4.78 is 7.91. The van der Waals surface area contributed by atoms with Crippen LogP contribution in [0.3, 0.4) is 0 Å². The zero-order chi connectivity index (χ0) is 23.5. The Hall–Kier alpha value is -2.76. The molecule has 0 aliphatic rings. The van der Waals surface area contributed by atoms with Crippen LogP contribution >= 0.6 is 22.6 Å². The van der Waals surface area contributed by atoms with Crippen LogP contribution in [0.2, 0.25) is 0 Å². The molecule has 0 atom stereocenters. The van der Waals surface area contributed by atoms with E-state index in [4.69, 9.17) is 4.52 Å². The maximum atomic E-state index is 12.3. The number of hydrogen-bond acceptors (Lipinski definition) is 6. The first-order chi connectivity index (χ1) is 15.1. The number of carbonyl (C=O) groups excluding carboxylic acids is 2. The van der Waals surface area contributed by atoms with Gasteiger partial charge in [0.2, 0.25) is 0 Å². The lowest BCUT2D eigenvalue weighted by Crippen LogP contribution is -2.34. The second kappa shape index (κ2) is 9.80. The minimum atomic E-state index is -0.490. The Morgan fingerprint density at radius 2 is 1.69 bits per heavy atom. The summed E-state index contributed by atoms with van der Waals surface area (Å²) in [4.78, 5) is 28.6. The first-order valence-corrected chi connectivity index (χ1v) is 11.3. The Kier molecular flexibility index (Phi) is 7.32. The van der Waals surface area contributed by atoms with Gasteiger partial charge in [0.05, 0.1) is 9.26 Å². The summed E-state index contributed by atoms with van der Waals surface area (Å²) in [6.45, 7) is 11.1. The fourth-order valence-electron chi connectivity index (χ4n) is 3.02. The van der Waals surface area contributed by atoms with Gasteiger partial charge in [0.15, 0.2) is 5.82 Å². The van der Waals surface area contributed by atoms with E-state index >= 15 is 0 Å². The standard InChI is InChI=1S/C22H27IN6O3/c1-13-18(23)14(2)29(27-13)12-17-26-21(32-28-17)20(31)25-11-10-24-19(30)15-6-8-16(9-7-15)22(3,4)5/h6-9H,10-12H2,1-5H3,(H,24,30)(H,25,31). The molecular formula is C22H27IN6O3. The maximum absolute atomic E-state index is 12.3. The van der Waals surface area contributed by atoms with E-state index in [-0.39, 0.29) is 30.3 Å². The number of carbonyl (C=O) groups is 2. The molecule has 1 aromatic carbocycles. The van der Waals surface area contributed by atoms with Crippen LogP contribution in [-0.2, 0) is 12.0 Å². The molecule has 2 amide bonds. The smallest absolute Gasteiger partial charge is 0.316 e. The molecular weight excluding hydrogens is 523 g/mol. The van der Waals surface area contributed by atoms with E-state index in [1.165, 1.54) is 0 Å². The van der Waals surface area contributed by atoms with Gasteiger partial charge in [0.25, 0.3) is 5.91 Å². The molecule has 0 aliphatic heterocycles. The van der Waals surface area contributed by atoms with E-state index in [2.05, 4.69) is 69.2 Å². The number of hydrogen-bond donors (Lipinski definition) is 2. The van der Waals surface area contributed by atoms with Gasteiger partial charge >= 0.3 is 11.8 Å². The summed E-state index contributed by atoms with van der Waals surface area (Å²) in [7, 11) is 0. The Bertz CT molecular complexity index is 1110. The molecule has 0 aliphatic carbocycles. The Morgan fingerprint density at radius 1 is 1.06 bits per heavy atom. The molecule has 10 heteroatoms. The average Bonchev–Trinajstić information content (AvgIpc) is 3.31. The summed E-state index contributed by atoms with van der Waals surface area (Å²) in [5.41, 5.74) is 3.69. The van der Waals surface area contributed by atoms with Gasteiger partial charge in [-0.05, 0) is 59.5 Å². The molecule has 0 saturated carbocycles. The van der Waals surface area contributed by atoms with Gasteiger partial charge < -0.3 is 15.2 Å². The molecule has 0 fully saturated rings. The predicted molar refractivity (Wildman–Crippen MR) is 128 cm³/mol. The van der Waals surface area contributed by atoms with E-state index in [0.29, 0.717) is 17.9 Å². The molecule has 2 heterocycles. The Morgan fingerprint density at radius 3 is 2.25 bits per heavy atom. The van der Waals surface area contributed by atoms with Gasteiger partial charge in [-0.3, -0.25) is 14.3 Å². The molecule has 170 valence electrons. The molecule has 3 aromatic rings. The number of halogens is 1. The molecule has 2 aromatic heterocycles. The van der Waals surface area contributed by atoms with Crippen molar-refractivity contribution in [3.05, 3.63) is 62.1 Å². The molecule has 32 heavy (non-hydrogen) atoms. The number of aryl methyl sites for hydroxylation is 1. The zero-order valence-corrected chi connectivity index (χ0v) is 21.0. The van der Waals surface area contributed by atoms with Crippen molar-refractivity contribution in [3.63, 3.8) is 0 Å². The van der Waals surface area contributed by atoms with E-state index < -0.39 is 5.91 Å². The van der Waals surface area contributed by atoms with Crippen molar-refractivity contribution in [1.29, 1.82) is 0 Å².